The number of sulfonamides is 1. The van der Waals surface area contributed by atoms with E-state index in [1.54, 1.807) is 60.7 Å². The first-order valence-corrected chi connectivity index (χ1v) is 18.1. The molecule has 1 atom stereocenters. The third-order valence-electron chi connectivity index (χ3n) is 8.55. The number of methoxy groups -OCH3 is 1. The normalized spacial score (nSPS) is 14.1. The molecule has 1 aliphatic rings. The van der Waals surface area contributed by atoms with Gasteiger partial charge in [-0.3, -0.25) is 13.9 Å². The molecule has 11 heteroatoms. The lowest BCUT2D eigenvalue weighted by Gasteiger charge is -2.35. The molecule has 8 nitrogen and oxygen atoms in total. The van der Waals surface area contributed by atoms with E-state index in [0.29, 0.717) is 21.4 Å². The Morgan fingerprint density at radius 3 is 2.15 bits per heavy atom. The Morgan fingerprint density at radius 1 is 0.875 bits per heavy atom. The van der Waals surface area contributed by atoms with Crippen molar-refractivity contribution < 1.29 is 22.7 Å². The van der Waals surface area contributed by atoms with E-state index in [2.05, 4.69) is 5.32 Å². The molecule has 1 saturated carbocycles. The van der Waals surface area contributed by atoms with Gasteiger partial charge in [-0.15, -0.1) is 0 Å². The van der Waals surface area contributed by atoms with Crippen molar-refractivity contribution in [3.63, 3.8) is 0 Å². The van der Waals surface area contributed by atoms with E-state index >= 15 is 0 Å². The standard InChI is InChI=1S/C37H39Cl2N3O5S/c1-47-32-21-19-31(20-22-32)42(48(45,46)33-15-9-4-10-16-33)26-36(43)41(25-28-17-18-29(38)24-34(28)39)35(23-27-11-5-2-6-12-27)37(44)40-30-13-7-3-8-14-30/h2,4-6,9-12,15-22,24,30,35H,3,7-8,13-14,23,25-26H2,1H3,(H,40,44)/t35-/m0/s1. The van der Waals surface area contributed by atoms with Crippen LogP contribution in [-0.2, 0) is 32.6 Å². The number of hydrogen-bond donors (Lipinski definition) is 1. The number of benzene rings is 4. The molecule has 0 aromatic heterocycles. The maximum atomic E-state index is 14.7. The molecular formula is C37H39Cl2N3O5S. The van der Waals surface area contributed by atoms with Gasteiger partial charge in [0.05, 0.1) is 17.7 Å². The van der Waals surface area contributed by atoms with Crippen LogP contribution >= 0.6 is 23.2 Å². The second-order valence-electron chi connectivity index (χ2n) is 11.8. The number of amides is 2. The Morgan fingerprint density at radius 2 is 1.52 bits per heavy atom. The summed E-state index contributed by atoms with van der Waals surface area (Å²) >= 11 is 12.8. The number of halogens is 2. The molecule has 0 unspecified atom stereocenters. The first kappa shape index (κ1) is 35.3. The van der Waals surface area contributed by atoms with Gasteiger partial charge in [0.15, 0.2) is 0 Å². The summed E-state index contributed by atoms with van der Waals surface area (Å²) in [5, 5.41) is 3.96. The molecule has 0 bridgehead atoms. The van der Waals surface area contributed by atoms with Crippen LogP contribution in [0.1, 0.15) is 43.2 Å². The second-order valence-corrected chi connectivity index (χ2v) is 14.5. The monoisotopic (exact) mass is 707 g/mol. The zero-order chi connectivity index (χ0) is 34.1. The van der Waals surface area contributed by atoms with Gasteiger partial charge in [0, 0.05) is 29.1 Å². The van der Waals surface area contributed by atoms with Crippen LogP contribution in [0.2, 0.25) is 10.0 Å². The molecule has 2 amide bonds. The van der Waals surface area contributed by atoms with Crippen molar-refractivity contribution >= 4 is 50.7 Å². The fraction of sp³-hybridized carbons (Fsp3) is 0.297. The van der Waals surface area contributed by atoms with Crippen LogP contribution in [0.4, 0.5) is 5.69 Å². The molecule has 5 rings (SSSR count). The molecule has 0 aliphatic heterocycles. The highest BCUT2D eigenvalue weighted by molar-refractivity contribution is 7.92. The molecule has 4 aromatic rings. The first-order valence-electron chi connectivity index (χ1n) is 16.0. The van der Waals surface area contributed by atoms with Crippen molar-refractivity contribution in [3.05, 3.63) is 124 Å². The van der Waals surface area contributed by atoms with Gasteiger partial charge in [-0.25, -0.2) is 8.42 Å². The molecule has 0 radical (unpaired) electrons. The molecule has 48 heavy (non-hydrogen) atoms. The van der Waals surface area contributed by atoms with Gasteiger partial charge in [0.1, 0.15) is 18.3 Å². The van der Waals surface area contributed by atoms with Gasteiger partial charge in [0.2, 0.25) is 11.8 Å². The largest absolute Gasteiger partial charge is 0.497 e. The molecule has 4 aromatic carbocycles. The highest BCUT2D eigenvalue weighted by Gasteiger charge is 2.35. The maximum absolute atomic E-state index is 14.7. The molecule has 1 fully saturated rings. The number of carbonyl (C=O) groups is 2. The third kappa shape index (κ3) is 8.89. The lowest BCUT2D eigenvalue weighted by molar-refractivity contribution is -0.140. The predicted octanol–water partition coefficient (Wildman–Crippen LogP) is 7.29. The summed E-state index contributed by atoms with van der Waals surface area (Å²) in [7, 11) is -2.70. The van der Waals surface area contributed by atoms with Gasteiger partial charge in [0.25, 0.3) is 10.0 Å². The number of rotatable bonds is 13. The first-order chi connectivity index (χ1) is 23.2. The van der Waals surface area contributed by atoms with E-state index in [1.165, 1.54) is 24.1 Å². The van der Waals surface area contributed by atoms with Crippen molar-refractivity contribution in [1.29, 1.82) is 0 Å². The van der Waals surface area contributed by atoms with E-state index in [-0.39, 0.29) is 35.5 Å². The smallest absolute Gasteiger partial charge is 0.264 e. The Kier molecular flexibility index (Phi) is 12.0. The molecule has 1 aliphatic carbocycles. The summed E-state index contributed by atoms with van der Waals surface area (Å²) < 4.78 is 34.7. The minimum Gasteiger partial charge on any atom is -0.497 e. The van der Waals surface area contributed by atoms with Crippen molar-refractivity contribution in [2.75, 3.05) is 18.0 Å². The topological polar surface area (TPSA) is 96.0 Å². The van der Waals surface area contributed by atoms with Crippen LogP contribution in [0.25, 0.3) is 0 Å². The summed E-state index contributed by atoms with van der Waals surface area (Å²) in [4.78, 5) is 30.4. The number of anilines is 1. The van der Waals surface area contributed by atoms with Gasteiger partial charge in [-0.2, -0.15) is 0 Å². The van der Waals surface area contributed by atoms with Gasteiger partial charge in [-0.1, -0.05) is 97.1 Å². The molecule has 0 spiro atoms. The summed E-state index contributed by atoms with van der Waals surface area (Å²) in [5.74, 6) is -0.342. The predicted molar refractivity (Wildman–Crippen MR) is 190 cm³/mol. The number of nitrogens with zero attached hydrogens (tertiary/aromatic N) is 2. The zero-order valence-electron chi connectivity index (χ0n) is 26.7. The Bertz CT molecular complexity index is 1790. The third-order valence-corrected chi connectivity index (χ3v) is 10.9. The number of ether oxygens (including phenoxy) is 1. The van der Waals surface area contributed by atoms with E-state index in [1.807, 2.05) is 30.3 Å². The van der Waals surface area contributed by atoms with Gasteiger partial charge in [-0.05, 0) is 72.5 Å². The molecule has 0 saturated heterocycles. The Hall–Kier alpha value is -4.05. The van der Waals surface area contributed by atoms with Crippen molar-refractivity contribution in [1.82, 2.24) is 10.2 Å². The minimum atomic E-state index is -4.22. The summed E-state index contributed by atoms with van der Waals surface area (Å²) in [5.41, 5.74) is 1.69. The highest BCUT2D eigenvalue weighted by Crippen LogP contribution is 2.28. The SMILES string of the molecule is COc1ccc(N(CC(=O)N(Cc2ccc(Cl)cc2Cl)[C@@H](Cc2ccccc2)C(=O)NC2CCCCC2)S(=O)(=O)c2ccccc2)cc1. The lowest BCUT2D eigenvalue weighted by Crippen LogP contribution is -2.55. The van der Waals surface area contributed by atoms with Crippen molar-refractivity contribution in [3.8, 4) is 5.75 Å². The maximum Gasteiger partial charge on any atom is 0.264 e. The molecule has 0 heterocycles. The van der Waals surface area contributed by atoms with Crippen LogP contribution in [-0.4, -0.2) is 50.9 Å². The van der Waals surface area contributed by atoms with Gasteiger partial charge >= 0.3 is 0 Å². The quantitative estimate of drug-likeness (QED) is 0.158. The zero-order valence-corrected chi connectivity index (χ0v) is 29.1. The molecular weight excluding hydrogens is 669 g/mol. The molecule has 252 valence electrons. The summed E-state index contributed by atoms with van der Waals surface area (Å²) in [6.45, 7) is -0.622. The Balaban J connectivity index is 1.57. The summed E-state index contributed by atoms with van der Waals surface area (Å²) in [6.07, 6.45) is 5.10. The van der Waals surface area contributed by atoms with E-state index < -0.39 is 28.5 Å². The van der Waals surface area contributed by atoms with Crippen LogP contribution in [0.15, 0.2) is 108 Å². The van der Waals surface area contributed by atoms with Crippen LogP contribution in [0, 0.1) is 0 Å². The van der Waals surface area contributed by atoms with E-state index in [4.69, 9.17) is 27.9 Å². The van der Waals surface area contributed by atoms with Crippen molar-refractivity contribution in [2.24, 2.45) is 0 Å². The Labute approximate surface area is 292 Å². The lowest BCUT2D eigenvalue weighted by atomic mass is 9.94. The highest BCUT2D eigenvalue weighted by atomic mass is 35.5. The number of nitrogens with one attached hydrogen (secondary N) is 1. The van der Waals surface area contributed by atoms with E-state index in [9.17, 15) is 18.0 Å². The van der Waals surface area contributed by atoms with Crippen LogP contribution < -0.4 is 14.4 Å². The number of carbonyl (C=O) groups excluding carboxylic acids is 2. The van der Waals surface area contributed by atoms with Crippen LogP contribution in [0.3, 0.4) is 0 Å². The van der Waals surface area contributed by atoms with Crippen molar-refractivity contribution in [2.45, 2.75) is 62.0 Å². The van der Waals surface area contributed by atoms with Gasteiger partial charge < -0.3 is 15.0 Å². The fourth-order valence-corrected chi connectivity index (χ4v) is 7.83. The second kappa shape index (κ2) is 16.4. The fourth-order valence-electron chi connectivity index (χ4n) is 5.93. The minimum absolute atomic E-state index is 0.00477. The average molecular weight is 709 g/mol. The average Bonchev–Trinajstić information content (AvgIpc) is 3.10. The summed E-state index contributed by atoms with van der Waals surface area (Å²) in [6, 6.07) is 27.8. The number of hydrogen-bond acceptors (Lipinski definition) is 5. The van der Waals surface area contributed by atoms with Crippen LogP contribution in [0.5, 0.6) is 5.75 Å². The van der Waals surface area contributed by atoms with E-state index in [0.717, 1.165) is 42.0 Å². The molecule has 1 N–H and O–H groups in total.